The van der Waals surface area contributed by atoms with E-state index < -0.39 is 0 Å². The minimum absolute atomic E-state index is 0.0141. The first-order valence-corrected chi connectivity index (χ1v) is 9.71. The number of nitrogens with one attached hydrogen (secondary N) is 1. The Balaban J connectivity index is 1.82. The molecule has 0 unspecified atom stereocenters. The zero-order chi connectivity index (χ0) is 19.0. The van der Waals surface area contributed by atoms with Gasteiger partial charge in [0.15, 0.2) is 5.11 Å². The summed E-state index contributed by atoms with van der Waals surface area (Å²) in [5.74, 6) is 0. The molecule has 1 aliphatic rings. The fourth-order valence-electron chi connectivity index (χ4n) is 3.81. The molecule has 0 amide bonds. The van der Waals surface area contributed by atoms with E-state index in [-0.39, 0.29) is 18.1 Å². The Morgan fingerprint density at radius 1 is 1.04 bits per heavy atom. The van der Waals surface area contributed by atoms with E-state index in [1.165, 1.54) is 11.3 Å². The first kappa shape index (κ1) is 17.7. The summed E-state index contributed by atoms with van der Waals surface area (Å²) in [6.07, 6.45) is 3.96. The number of hydrogen-bond acceptors (Lipinski definition) is 2. The second-order valence-electron chi connectivity index (χ2n) is 7.27. The van der Waals surface area contributed by atoms with Gasteiger partial charge in [0.25, 0.3) is 0 Å². The van der Waals surface area contributed by atoms with Gasteiger partial charge in [-0.2, -0.15) is 0 Å². The maximum Gasteiger partial charge on any atom is 0.170 e. The van der Waals surface area contributed by atoms with Gasteiger partial charge in [0, 0.05) is 29.8 Å². The Bertz CT molecular complexity index is 930. The van der Waals surface area contributed by atoms with Crippen molar-refractivity contribution in [2.24, 2.45) is 0 Å². The van der Waals surface area contributed by atoms with Crippen LogP contribution in [0.1, 0.15) is 42.9 Å². The quantitative estimate of drug-likeness (QED) is 0.677. The van der Waals surface area contributed by atoms with E-state index in [1.54, 1.807) is 0 Å². The average Bonchev–Trinajstić information content (AvgIpc) is 3.27. The van der Waals surface area contributed by atoms with Crippen LogP contribution in [-0.4, -0.2) is 25.6 Å². The Morgan fingerprint density at radius 2 is 1.81 bits per heavy atom. The molecule has 3 heterocycles. The second kappa shape index (κ2) is 7.16. The molecule has 0 spiro atoms. The molecule has 4 rings (SSSR count). The van der Waals surface area contributed by atoms with Crippen molar-refractivity contribution >= 4 is 17.3 Å². The minimum atomic E-state index is 0.0141. The van der Waals surface area contributed by atoms with Crippen molar-refractivity contribution in [1.29, 1.82) is 0 Å². The lowest BCUT2D eigenvalue weighted by atomic mass is 10.0. The predicted molar refractivity (Wildman–Crippen MR) is 113 cm³/mol. The predicted octanol–water partition coefficient (Wildman–Crippen LogP) is 4.56. The van der Waals surface area contributed by atoms with Gasteiger partial charge >= 0.3 is 0 Å². The number of aryl methyl sites for hydroxylation is 1. The lowest BCUT2D eigenvalue weighted by molar-refractivity contribution is 0.262. The molecule has 0 aliphatic carbocycles. The van der Waals surface area contributed by atoms with Crippen molar-refractivity contribution in [3.8, 4) is 5.69 Å². The summed E-state index contributed by atoms with van der Waals surface area (Å²) in [5.41, 5.74) is 4.62. The van der Waals surface area contributed by atoms with Crippen LogP contribution in [0.4, 0.5) is 0 Å². The van der Waals surface area contributed by atoms with Crippen molar-refractivity contribution < 1.29 is 0 Å². The lowest BCUT2D eigenvalue weighted by Crippen LogP contribution is -2.36. The zero-order valence-corrected chi connectivity index (χ0v) is 16.6. The first-order valence-electron chi connectivity index (χ1n) is 9.30. The molecule has 3 aromatic rings. The van der Waals surface area contributed by atoms with Gasteiger partial charge in [-0.05, 0) is 69.4 Å². The number of hydrogen-bond donors (Lipinski definition) is 1. The minimum Gasteiger partial charge on any atom is -0.352 e. The number of rotatable bonds is 4. The fraction of sp³-hybridized carbons (Fsp3) is 0.273. The van der Waals surface area contributed by atoms with E-state index in [0.717, 1.165) is 16.5 Å². The van der Waals surface area contributed by atoms with Gasteiger partial charge in [0.2, 0.25) is 0 Å². The molecule has 0 bridgehead atoms. The van der Waals surface area contributed by atoms with Crippen LogP contribution in [0.3, 0.4) is 0 Å². The molecular weight excluding hydrogens is 352 g/mol. The third-order valence-electron chi connectivity index (χ3n) is 5.09. The fourth-order valence-corrected chi connectivity index (χ4v) is 4.27. The van der Waals surface area contributed by atoms with Crippen LogP contribution in [0.15, 0.2) is 67.0 Å². The number of thiocarbonyl (C=S) groups is 1. The number of aromatic nitrogens is 2. The SMILES string of the molecule is Cc1ccc(-n2cccc2[C@H]2[C@@H](c3ccccn3)NC(=S)N2C(C)C)cc1. The third-order valence-corrected chi connectivity index (χ3v) is 5.42. The van der Waals surface area contributed by atoms with Crippen LogP contribution in [-0.2, 0) is 0 Å². The van der Waals surface area contributed by atoms with E-state index >= 15 is 0 Å². The van der Waals surface area contributed by atoms with E-state index in [2.05, 4.69) is 89.2 Å². The molecule has 2 aromatic heterocycles. The number of benzene rings is 1. The molecule has 1 fully saturated rings. The van der Waals surface area contributed by atoms with Crippen LogP contribution in [0.5, 0.6) is 0 Å². The highest BCUT2D eigenvalue weighted by Gasteiger charge is 2.42. The smallest absolute Gasteiger partial charge is 0.170 e. The maximum absolute atomic E-state index is 5.70. The van der Waals surface area contributed by atoms with E-state index in [4.69, 9.17) is 12.2 Å². The second-order valence-corrected chi connectivity index (χ2v) is 7.65. The highest BCUT2D eigenvalue weighted by atomic mass is 32.1. The van der Waals surface area contributed by atoms with Gasteiger partial charge in [-0.1, -0.05) is 23.8 Å². The van der Waals surface area contributed by atoms with Crippen molar-refractivity contribution in [3.63, 3.8) is 0 Å². The standard InChI is InChI=1S/C22H24N4S/c1-15(2)26-21(20(24-22(26)27)18-7-4-5-13-23-18)19-8-6-14-25(19)17-11-9-16(3)10-12-17/h4-15,20-21H,1-3H3,(H,24,27)/t20-,21+/m1/s1. The molecule has 138 valence electrons. The van der Waals surface area contributed by atoms with Gasteiger partial charge in [0.1, 0.15) is 0 Å². The van der Waals surface area contributed by atoms with Crippen LogP contribution < -0.4 is 5.32 Å². The highest BCUT2D eigenvalue weighted by molar-refractivity contribution is 7.80. The van der Waals surface area contributed by atoms with Crippen LogP contribution in [0, 0.1) is 6.92 Å². The van der Waals surface area contributed by atoms with E-state index in [0.29, 0.717) is 0 Å². The van der Waals surface area contributed by atoms with Gasteiger partial charge in [-0.3, -0.25) is 4.98 Å². The topological polar surface area (TPSA) is 33.1 Å². The van der Waals surface area contributed by atoms with E-state index in [1.807, 2.05) is 18.3 Å². The largest absolute Gasteiger partial charge is 0.352 e. The molecule has 0 saturated carbocycles. The van der Waals surface area contributed by atoms with Crippen LogP contribution in [0.25, 0.3) is 5.69 Å². The number of pyridine rings is 1. The van der Waals surface area contributed by atoms with Crippen molar-refractivity contribution in [1.82, 2.24) is 19.8 Å². The molecule has 0 radical (unpaired) electrons. The van der Waals surface area contributed by atoms with Gasteiger partial charge in [0.05, 0.1) is 17.8 Å². The molecule has 1 saturated heterocycles. The Labute approximate surface area is 165 Å². The van der Waals surface area contributed by atoms with Crippen molar-refractivity contribution in [2.75, 3.05) is 0 Å². The normalized spacial score (nSPS) is 19.6. The van der Waals surface area contributed by atoms with E-state index in [9.17, 15) is 0 Å². The van der Waals surface area contributed by atoms with Gasteiger partial charge in [-0.25, -0.2) is 0 Å². The Morgan fingerprint density at radius 3 is 2.48 bits per heavy atom. The molecule has 2 atom stereocenters. The zero-order valence-electron chi connectivity index (χ0n) is 15.8. The molecule has 1 aromatic carbocycles. The first-order chi connectivity index (χ1) is 13.1. The van der Waals surface area contributed by atoms with Gasteiger partial charge < -0.3 is 14.8 Å². The monoisotopic (exact) mass is 376 g/mol. The van der Waals surface area contributed by atoms with Crippen LogP contribution >= 0.6 is 12.2 Å². The van der Waals surface area contributed by atoms with Crippen molar-refractivity contribution in [3.05, 3.63) is 83.9 Å². The highest BCUT2D eigenvalue weighted by Crippen LogP contribution is 2.40. The summed E-state index contributed by atoms with van der Waals surface area (Å²) >= 11 is 5.70. The number of nitrogens with zero attached hydrogens (tertiary/aromatic N) is 3. The Kier molecular flexibility index (Phi) is 4.70. The average molecular weight is 377 g/mol. The third kappa shape index (κ3) is 3.23. The summed E-state index contributed by atoms with van der Waals surface area (Å²) in [6, 6.07) is 19.3. The van der Waals surface area contributed by atoms with Crippen molar-refractivity contribution in [2.45, 2.75) is 38.9 Å². The summed E-state index contributed by atoms with van der Waals surface area (Å²) < 4.78 is 2.26. The summed E-state index contributed by atoms with van der Waals surface area (Å²) in [5, 5.41) is 4.29. The van der Waals surface area contributed by atoms with Crippen LogP contribution in [0.2, 0.25) is 0 Å². The molecule has 1 N–H and O–H groups in total. The summed E-state index contributed by atoms with van der Waals surface area (Å²) in [4.78, 5) is 6.89. The Hall–Kier alpha value is -2.66. The molecule has 4 nitrogen and oxygen atoms in total. The molecule has 5 heteroatoms. The maximum atomic E-state index is 5.70. The van der Waals surface area contributed by atoms with Gasteiger partial charge in [-0.15, -0.1) is 0 Å². The lowest BCUT2D eigenvalue weighted by Gasteiger charge is -2.31. The summed E-state index contributed by atoms with van der Waals surface area (Å²) in [6.45, 7) is 6.47. The molecular formula is C22H24N4S. The molecule has 27 heavy (non-hydrogen) atoms. The molecule has 1 aliphatic heterocycles. The summed E-state index contributed by atoms with van der Waals surface area (Å²) in [7, 11) is 0.